The number of aliphatic carboxylic acids is 1. The third-order valence-electron chi connectivity index (χ3n) is 1.68. The summed E-state index contributed by atoms with van der Waals surface area (Å²) in [4.78, 5) is 9.76. The maximum atomic E-state index is 10.7. The summed E-state index contributed by atoms with van der Waals surface area (Å²) in [7, 11) is 0. The number of hydrogen-bond donors (Lipinski definition) is 1. The van der Waals surface area contributed by atoms with Gasteiger partial charge in [-0.3, -0.25) is 4.79 Å². The van der Waals surface area contributed by atoms with Gasteiger partial charge in [-0.2, -0.15) is 0 Å². The molecule has 0 heterocycles. The molecule has 0 aromatic heterocycles. The number of alkyl halides is 2. The van der Waals surface area contributed by atoms with Crippen LogP contribution in [0.2, 0.25) is 5.02 Å². The molecule has 0 aliphatic carbocycles. The van der Waals surface area contributed by atoms with E-state index < -0.39 is 10.8 Å². The zero-order valence-corrected chi connectivity index (χ0v) is 10.9. The van der Waals surface area contributed by atoms with Gasteiger partial charge in [0.15, 0.2) is 0 Å². The number of hydrogen-bond acceptors (Lipinski definition) is 1. The minimum atomic E-state index is -0.901. The van der Waals surface area contributed by atoms with Crippen molar-refractivity contribution in [3.8, 4) is 0 Å². The van der Waals surface area contributed by atoms with Gasteiger partial charge in [0.25, 0.3) is 0 Å². The van der Waals surface area contributed by atoms with Gasteiger partial charge in [-0.25, -0.2) is 0 Å². The van der Waals surface area contributed by atoms with Gasteiger partial charge in [-0.1, -0.05) is 55.6 Å². The van der Waals surface area contributed by atoms with Gasteiger partial charge in [-0.05, 0) is 17.7 Å². The quantitative estimate of drug-likeness (QED) is 0.852. The summed E-state index contributed by atoms with van der Waals surface area (Å²) in [5.74, 6) is -0.901. The number of carbonyl (C=O) groups is 1. The van der Waals surface area contributed by atoms with E-state index in [9.17, 15) is 4.79 Å². The molecule has 0 aliphatic heterocycles. The molecule has 0 radical (unpaired) electrons. The van der Waals surface area contributed by atoms with Gasteiger partial charge in [0.1, 0.15) is 4.83 Å². The van der Waals surface area contributed by atoms with Crippen molar-refractivity contribution in [1.29, 1.82) is 0 Å². The van der Waals surface area contributed by atoms with Crippen molar-refractivity contribution in [2.45, 2.75) is 9.65 Å². The minimum absolute atomic E-state index is 0.266. The van der Waals surface area contributed by atoms with Gasteiger partial charge in [0.2, 0.25) is 0 Å². The molecule has 0 spiro atoms. The molecule has 0 amide bonds. The summed E-state index contributed by atoms with van der Waals surface area (Å²) >= 11 is 12.1. The second-order valence-electron chi connectivity index (χ2n) is 2.69. The molecule has 1 rings (SSSR count). The summed E-state index contributed by atoms with van der Waals surface area (Å²) in [6, 6.07) is 7.04. The molecule has 0 fully saturated rings. The van der Waals surface area contributed by atoms with Crippen molar-refractivity contribution in [3.05, 3.63) is 34.9 Å². The van der Waals surface area contributed by atoms with Crippen LogP contribution in [0.1, 0.15) is 10.4 Å². The summed E-state index contributed by atoms with van der Waals surface area (Å²) in [6.07, 6.45) is 0. The van der Waals surface area contributed by atoms with E-state index in [0.717, 1.165) is 5.56 Å². The molecule has 0 saturated heterocycles. The normalized spacial score (nSPS) is 14.8. The first-order valence-corrected chi connectivity index (χ1v) is 5.99. The summed E-state index contributed by atoms with van der Waals surface area (Å²) in [6.45, 7) is 0. The predicted octanol–water partition coefficient (Wildman–Crippen LogP) is 3.62. The topological polar surface area (TPSA) is 37.3 Å². The maximum absolute atomic E-state index is 10.7. The van der Waals surface area contributed by atoms with Crippen LogP contribution >= 0.6 is 43.5 Å². The van der Waals surface area contributed by atoms with Gasteiger partial charge in [-0.15, -0.1) is 0 Å². The average molecular weight is 342 g/mol. The third-order valence-corrected chi connectivity index (χ3v) is 4.62. The smallest absolute Gasteiger partial charge is 0.318 e. The number of rotatable bonds is 3. The average Bonchev–Trinajstić information content (AvgIpc) is 2.16. The van der Waals surface area contributed by atoms with E-state index in [4.69, 9.17) is 16.7 Å². The highest BCUT2D eigenvalue weighted by atomic mass is 79.9. The van der Waals surface area contributed by atoms with Crippen LogP contribution in [0.5, 0.6) is 0 Å². The van der Waals surface area contributed by atoms with Crippen molar-refractivity contribution >= 4 is 49.4 Å². The zero-order valence-electron chi connectivity index (χ0n) is 6.95. The SMILES string of the molecule is O=C(O)[C@@H](Br)[C@@H](Br)c1ccc(Cl)cc1. The van der Waals surface area contributed by atoms with Gasteiger partial charge in [0, 0.05) is 5.02 Å². The van der Waals surface area contributed by atoms with E-state index in [2.05, 4.69) is 31.9 Å². The number of carboxylic acid groups (broad SMARTS) is 1. The second-order valence-corrected chi connectivity index (χ2v) is 5.10. The van der Waals surface area contributed by atoms with Crippen LogP contribution in [0, 0.1) is 0 Å². The van der Waals surface area contributed by atoms with E-state index >= 15 is 0 Å². The number of benzene rings is 1. The lowest BCUT2D eigenvalue weighted by Gasteiger charge is -2.12. The van der Waals surface area contributed by atoms with Gasteiger partial charge < -0.3 is 5.11 Å². The number of halogens is 3. The van der Waals surface area contributed by atoms with Crippen molar-refractivity contribution < 1.29 is 9.90 Å². The first kappa shape index (κ1) is 12.0. The first-order chi connectivity index (χ1) is 6.52. The van der Waals surface area contributed by atoms with E-state index in [1.165, 1.54) is 0 Å². The van der Waals surface area contributed by atoms with Crippen LogP contribution in [-0.2, 0) is 4.79 Å². The van der Waals surface area contributed by atoms with E-state index in [1.807, 2.05) is 0 Å². The highest BCUT2D eigenvalue weighted by Gasteiger charge is 2.24. The Morgan fingerprint density at radius 1 is 1.29 bits per heavy atom. The van der Waals surface area contributed by atoms with Crippen LogP contribution in [0.3, 0.4) is 0 Å². The van der Waals surface area contributed by atoms with Crippen molar-refractivity contribution in [2.75, 3.05) is 0 Å². The van der Waals surface area contributed by atoms with Crippen LogP contribution in [0.15, 0.2) is 24.3 Å². The largest absolute Gasteiger partial charge is 0.480 e. The van der Waals surface area contributed by atoms with Crippen LogP contribution in [-0.4, -0.2) is 15.9 Å². The molecule has 1 N–H and O–H groups in total. The lowest BCUT2D eigenvalue weighted by molar-refractivity contribution is -0.136. The fourth-order valence-corrected chi connectivity index (χ4v) is 1.90. The Kier molecular flexibility index (Phi) is 4.41. The summed E-state index contributed by atoms with van der Waals surface area (Å²) in [5.41, 5.74) is 0.874. The Hall–Kier alpha value is -0.0600. The fourth-order valence-electron chi connectivity index (χ4n) is 0.941. The standard InChI is InChI=1S/C9H7Br2ClO2/c10-7(8(11)9(13)14)5-1-3-6(12)4-2-5/h1-4,7-8H,(H,13,14)/t7-,8-/m0/s1. The molecule has 1 aromatic rings. The fraction of sp³-hybridized carbons (Fsp3) is 0.222. The molecular weight excluding hydrogens is 335 g/mol. The Morgan fingerprint density at radius 3 is 2.21 bits per heavy atom. The predicted molar refractivity (Wildman–Crippen MR) is 63.5 cm³/mol. The highest BCUT2D eigenvalue weighted by Crippen LogP contribution is 2.31. The van der Waals surface area contributed by atoms with Gasteiger partial charge in [0.05, 0.1) is 4.83 Å². The van der Waals surface area contributed by atoms with Gasteiger partial charge >= 0.3 is 5.97 Å². The maximum Gasteiger partial charge on any atom is 0.318 e. The van der Waals surface area contributed by atoms with Crippen molar-refractivity contribution in [2.24, 2.45) is 0 Å². The molecule has 0 aliphatic rings. The Bertz CT molecular complexity index is 326. The molecule has 0 unspecified atom stereocenters. The summed E-state index contributed by atoms with van der Waals surface area (Å²) in [5, 5.41) is 9.40. The molecular formula is C9H7Br2ClO2. The van der Waals surface area contributed by atoms with Crippen LogP contribution < -0.4 is 0 Å². The summed E-state index contributed by atoms with van der Waals surface area (Å²) < 4.78 is 0. The number of carboxylic acids is 1. The lowest BCUT2D eigenvalue weighted by atomic mass is 10.1. The molecule has 2 atom stereocenters. The molecule has 14 heavy (non-hydrogen) atoms. The molecule has 76 valence electrons. The van der Waals surface area contributed by atoms with Crippen LogP contribution in [0.25, 0.3) is 0 Å². The van der Waals surface area contributed by atoms with Crippen LogP contribution in [0.4, 0.5) is 0 Å². The molecule has 2 nitrogen and oxygen atoms in total. The molecule has 0 saturated carbocycles. The van der Waals surface area contributed by atoms with Crippen molar-refractivity contribution in [3.63, 3.8) is 0 Å². The van der Waals surface area contributed by atoms with E-state index in [0.29, 0.717) is 5.02 Å². The van der Waals surface area contributed by atoms with Crippen molar-refractivity contribution in [1.82, 2.24) is 0 Å². The monoisotopic (exact) mass is 340 g/mol. The van der Waals surface area contributed by atoms with E-state index in [-0.39, 0.29) is 4.83 Å². The molecule has 0 bridgehead atoms. The Labute approximate surface area is 104 Å². The highest BCUT2D eigenvalue weighted by molar-refractivity contribution is 9.12. The first-order valence-electron chi connectivity index (χ1n) is 3.79. The lowest BCUT2D eigenvalue weighted by Crippen LogP contribution is -2.17. The Balaban J connectivity index is 2.84. The Morgan fingerprint density at radius 2 is 1.79 bits per heavy atom. The molecule has 1 aromatic carbocycles. The minimum Gasteiger partial charge on any atom is -0.480 e. The molecule has 5 heteroatoms. The third kappa shape index (κ3) is 2.97. The zero-order chi connectivity index (χ0) is 10.7. The van der Waals surface area contributed by atoms with E-state index in [1.54, 1.807) is 24.3 Å². The second kappa shape index (κ2) is 5.14.